The van der Waals surface area contributed by atoms with Gasteiger partial charge in [-0.25, -0.2) is 4.98 Å². The van der Waals surface area contributed by atoms with Gasteiger partial charge in [0.15, 0.2) is 0 Å². The number of amides is 2. The Labute approximate surface area is 160 Å². The molecule has 1 N–H and O–H groups in total. The number of benzene rings is 1. The number of imidazole rings is 1. The summed E-state index contributed by atoms with van der Waals surface area (Å²) in [5.41, 5.74) is 1.86. The Bertz CT molecular complexity index is 793. The van der Waals surface area contributed by atoms with E-state index in [1.807, 2.05) is 47.7 Å². The van der Waals surface area contributed by atoms with Crippen molar-refractivity contribution in [1.29, 1.82) is 0 Å². The van der Waals surface area contributed by atoms with Crippen LogP contribution >= 0.6 is 0 Å². The second-order valence-electron chi connectivity index (χ2n) is 7.35. The number of para-hydroxylation sites is 2. The van der Waals surface area contributed by atoms with E-state index in [1.165, 1.54) is 19.3 Å². The molecule has 6 nitrogen and oxygen atoms in total. The third kappa shape index (κ3) is 4.67. The van der Waals surface area contributed by atoms with Crippen molar-refractivity contribution in [2.45, 2.75) is 64.5 Å². The van der Waals surface area contributed by atoms with E-state index in [1.54, 1.807) is 0 Å². The van der Waals surface area contributed by atoms with Crippen molar-refractivity contribution in [2.24, 2.45) is 0 Å². The van der Waals surface area contributed by atoms with E-state index in [9.17, 15) is 9.59 Å². The van der Waals surface area contributed by atoms with Crippen LogP contribution in [0.3, 0.4) is 0 Å². The van der Waals surface area contributed by atoms with Crippen molar-refractivity contribution in [2.75, 3.05) is 13.6 Å². The van der Waals surface area contributed by atoms with Crippen molar-refractivity contribution in [3.8, 4) is 0 Å². The quantitative estimate of drug-likeness (QED) is 0.815. The number of aromatic nitrogens is 2. The first-order valence-electron chi connectivity index (χ1n) is 10.1. The van der Waals surface area contributed by atoms with Crippen LogP contribution in [0.2, 0.25) is 0 Å². The van der Waals surface area contributed by atoms with Crippen LogP contribution in [0.25, 0.3) is 11.0 Å². The molecule has 3 rings (SSSR count). The van der Waals surface area contributed by atoms with Gasteiger partial charge in [-0.1, -0.05) is 38.3 Å². The zero-order chi connectivity index (χ0) is 19.2. The molecule has 1 heterocycles. The van der Waals surface area contributed by atoms with Gasteiger partial charge in [-0.2, -0.15) is 0 Å². The van der Waals surface area contributed by atoms with Gasteiger partial charge in [-0.15, -0.1) is 0 Å². The topological polar surface area (TPSA) is 67.2 Å². The highest BCUT2D eigenvalue weighted by atomic mass is 16.2. The molecule has 0 radical (unpaired) electrons. The maximum atomic E-state index is 12.9. The Morgan fingerprint density at radius 3 is 2.70 bits per heavy atom. The molecule has 1 aliphatic carbocycles. The summed E-state index contributed by atoms with van der Waals surface area (Å²) in [4.78, 5) is 31.1. The fourth-order valence-electron chi connectivity index (χ4n) is 3.85. The summed E-state index contributed by atoms with van der Waals surface area (Å²) in [6.07, 6.45) is 6.98. The molecule has 1 fully saturated rings. The van der Waals surface area contributed by atoms with Gasteiger partial charge in [0, 0.05) is 32.5 Å². The molecule has 146 valence electrons. The molecule has 6 heteroatoms. The highest BCUT2D eigenvalue weighted by Gasteiger charge is 2.23. The number of rotatable bonds is 7. The van der Waals surface area contributed by atoms with Gasteiger partial charge in [0.1, 0.15) is 12.4 Å². The summed E-state index contributed by atoms with van der Waals surface area (Å²) in [5.74, 6) is 1.01. The van der Waals surface area contributed by atoms with E-state index in [4.69, 9.17) is 4.98 Å². The Balaban J connectivity index is 1.75. The van der Waals surface area contributed by atoms with Crippen LogP contribution in [0.5, 0.6) is 0 Å². The largest absolute Gasteiger partial charge is 0.356 e. The maximum Gasteiger partial charge on any atom is 0.242 e. The Morgan fingerprint density at radius 2 is 1.96 bits per heavy atom. The lowest BCUT2D eigenvalue weighted by Crippen LogP contribution is -2.40. The predicted molar refractivity (Wildman–Crippen MR) is 106 cm³/mol. The molecular weight excluding hydrogens is 340 g/mol. The third-order valence-electron chi connectivity index (χ3n) is 5.53. The molecule has 0 saturated heterocycles. The lowest BCUT2D eigenvalue weighted by atomic mass is 9.94. The predicted octanol–water partition coefficient (Wildman–Crippen LogP) is 2.90. The number of carbonyl (C=O) groups excluding carboxylic acids is 2. The van der Waals surface area contributed by atoms with Crippen LogP contribution in [0.4, 0.5) is 0 Å². The number of nitrogens with one attached hydrogen (secondary N) is 1. The average Bonchev–Trinajstić information content (AvgIpc) is 3.05. The van der Waals surface area contributed by atoms with E-state index < -0.39 is 0 Å². The summed E-state index contributed by atoms with van der Waals surface area (Å²) in [7, 11) is 1.93. The summed E-state index contributed by atoms with van der Waals surface area (Å²) in [6, 6.07) is 8.25. The van der Waals surface area contributed by atoms with Crippen LogP contribution < -0.4 is 5.32 Å². The minimum absolute atomic E-state index is 0.0331. The number of likely N-dealkylation sites (N-methyl/N-ethyl adjacent to an activating group) is 1. The van der Waals surface area contributed by atoms with Crippen LogP contribution in [-0.2, 0) is 22.6 Å². The van der Waals surface area contributed by atoms with Gasteiger partial charge in [-0.05, 0) is 25.0 Å². The average molecular weight is 370 g/mol. The zero-order valence-corrected chi connectivity index (χ0v) is 16.4. The van der Waals surface area contributed by atoms with Gasteiger partial charge in [0.05, 0.1) is 11.0 Å². The lowest BCUT2D eigenvalue weighted by Gasteiger charge is -2.31. The van der Waals surface area contributed by atoms with Crippen molar-refractivity contribution >= 4 is 22.8 Å². The smallest absolute Gasteiger partial charge is 0.242 e. The van der Waals surface area contributed by atoms with Crippen LogP contribution in [-0.4, -0.2) is 45.9 Å². The van der Waals surface area contributed by atoms with Crippen molar-refractivity contribution in [1.82, 2.24) is 19.8 Å². The lowest BCUT2D eigenvalue weighted by molar-refractivity contribution is -0.133. The summed E-state index contributed by atoms with van der Waals surface area (Å²) in [5, 5.41) is 2.89. The summed E-state index contributed by atoms with van der Waals surface area (Å²) < 4.78 is 2.01. The van der Waals surface area contributed by atoms with E-state index in [2.05, 4.69) is 5.32 Å². The van der Waals surface area contributed by atoms with E-state index in [0.717, 1.165) is 29.7 Å². The minimum atomic E-state index is 0.0331. The molecule has 0 atom stereocenters. The monoisotopic (exact) mass is 370 g/mol. The second kappa shape index (κ2) is 9.02. The summed E-state index contributed by atoms with van der Waals surface area (Å²) in [6.45, 7) is 2.66. The molecule has 27 heavy (non-hydrogen) atoms. The second-order valence-corrected chi connectivity index (χ2v) is 7.35. The first-order chi connectivity index (χ1) is 13.1. The molecule has 1 aromatic carbocycles. The highest BCUT2D eigenvalue weighted by Crippen LogP contribution is 2.23. The van der Waals surface area contributed by atoms with Crippen LogP contribution in [0, 0.1) is 0 Å². The molecule has 0 bridgehead atoms. The van der Waals surface area contributed by atoms with E-state index >= 15 is 0 Å². The number of hydrogen-bond acceptors (Lipinski definition) is 3. The SMILES string of the molecule is CCC(=O)NCCc1nc2ccccc2n1CC(=O)N(C)C1CCCCC1. The first kappa shape index (κ1) is 19.4. The van der Waals surface area contributed by atoms with Crippen molar-refractivity contribution in [3.05, 3.63) is 30.1 Å². The number of carbonyl (C=O) groups is 2. The van der Waals surface area contributed by atoms with Gasteiger partial charge in [0.25, 0.3) is 0 Å². The molecule has 0 spiro atoms. The third-order valence-corrected chi connectivity index (χ3v) is 5.53. The highest BCUT2D eigenvalue weighted by molar-refractivity contribution is 5.81. The van der Waals surface area contributed by atoms with E-state index in [0.29, 0.717) is 32.0 Å². The molecule has 1 aromatic heterocycles. The molecule has 1 aliphatic rings. The van der Waals surface area contributed by atoms with Crippen LogP contribution in [0.15, 0.2) is 24.3 Å². The maximum absolute atomic E-state index is 12.9. The number of fused-ring (bicyclic) bond motifs is 1. The molecule has 2 aromatic rings. The fourth-order valence-corrected chi connectivity index (χ4v) is 3.85. The Hall–Kier alpha value is -2.37. The first-order valence-corrected chi connectivity index (χ1v) is 10.1. The molecule has 0 unspecified atom stereocenters. The fraction of sp³-hybridized carbons (Fsp3) is 0.571. The number of nitrogens with zero attached hydrogens (tertiary/aromatic N) is 3. The van der Waals surface area contributed by atoms with Crippen molar-refractivity contribution < 1.29 is 9.59 Å². The van der Waals surface area contributed by atoms with Gasteiger partial charge < -0.3 is 14.8 Å². The van der Waals surface area contributed by atoms with Gasteiger partial charge in [0.2, 0.25) is 11.8 Å². The van der Waals surface area contributed by atoms with Crippen molar-refractivity contribution in [3.63, 3.8) is 0 Å². The normalized spacial score (nSPS) is 15.0. The summed E-state index contributed by atoms with van der Waals surface area (Å²) >= 11 is 0. The zero-order valence-electron chi connectivity index (χ0n) is 16.4. The number of hydrogen-bond donors (Lipinski definition) is 1. The molecule has 2 amide bonds. The Kier molecular flexibility index (Phi) is 6.48. The molecule has 1 saturated carbocycles. The molecule has 0 aliphatic heterocycles. The van der Waals surface area contributed by atoms with E-state index in [-0.39, 0.29) is 11.8 Å². The van der Waals surface area contributed by atoms with Gasteiger partial charge >= 0.3 is 0 Å². The molecular formula is C21H30N4O2. The van der Waals surface area contributed by atoms with Crippen LogP contribution in [0.1, 0.15) is 51.3 Å². The standard InChI is InChI=1S/C21H30N4O2/c1-3-20(26)22-14-13-19-23-17-11-7-8-12-18(17)25(19)15-21(27)24(2)16-9-5-4-6-10-16/h7-8,11-12,16H,3-6,9-10,13-15H2,1-2H3,(H,22,26). The Morgan fingerprint density at radius 1 is 1.22 bits per heavy atom. The van der Waals surface area contributed by atoms with Gasteiger partial charge in [-0.3, -0.25) is 9.59 Å². The minimum Gasteiger partial charge on any atom is -0.356 e.